The summed E-state index contributed by atoms with van der Waals surface area (Å²) < 4.78 is 0. The minimum atomic E-state index is -0.914. The Morgan fingerprint density at radius 3 is 2.83 bits per heavy atom. The number of rotatable bonds is 2. The molecule has 0 bridgehead atoms. The minimum absolute atomic E-state index is 0.302. The molecule has 4 heteroatoms. The number of nitrogens with zero attached hydrogens (tertiary/aromatic N) is 1. The van der Waals surface area contributed by atoms with Crippen LogP contribution in [-0.2, 0) is 0 Å². The molecular formula is C14H20N2O2. The second-order valence-electron chi connectivity index (χ2n) is 5.14. The highest BCUT2D eigenvalue weighted by molar-refractivity contribution is 5.95. The van der Waals surface area contributed by atoms with E-state index < -0.39 is 5.97 Å². The first-order chi connectivity index (χ1) is 8.50. The van der Waals surface area contributed by atoms with Crippen LogP contribution in [0.15, 0.2) is 18.2 Å². The maximum atomic E-state index is 11.3. The fourth-order valence-electron chi connectivity index (χ4n) is 2.65. The number of carboxylic acids is 1. The van der Waals surface area contributed by atoms with Gasteiger partial charge < -0.3 is 15.7 Å². The van der Waals surface area contributed by atoms with Crippen molar-refractivity contribution in [3.05, 3.63) is 23.8 Å². The largest absolute Gasteiger partial charge is 0.478 e. The number of hydrogen-bond donors (Lipinski definition) is 2. The summed E-state index contributed by atoms with van der Waals surface area (Å²) in [6.07, 6.45) is 2.31. The number of carbonyl (C=O) groups is 1. The number of nitrogens with two attached hydrogens (primary N) is 1. The van der Waals surface area contributed by atoms with Crippen LogP contribution in [0.2, 0.25) is 0 Å². The van der Waals surface area contributed by atoms with E-state index in [0.717, 1.165) is 18.7 Å². The van der Waals surface area contributed by atoms with Gasteiger partial charge in [0.05, 0.1) is 11.3 Å². The van der Waals surface area contributed by atoms with Crippen LogP contribution in [0.5, 0.6) is 0 Å². The van der Waals surface area contributed by atoms with Crippen molar-refractivity contribution in [1.82, 2.24) is 0 Å². The van der Waals surface area contributed by atoms with Crippen LogP contribution in [0.3, 0.4) is 0 Å². The fraction of sp³-hybridized carbons (Fsp3) is 0.500. The van der Waals surface area contributed by atoms with Crippen LogP contribution >= 0.6 is 0 Å². The fourth-order valence-corrected chi connectivity index (χ4v) is 2.65. The van der Waals surface area contributed by atoms with Crippen molar-refractivity contribution in [2.24, 2.45) is 5.92 Å². The molecule has 1 aromatic carbocycles. The van der Waals surface area contributed by atoms with Crippen molar-refractivity contribution < 1.29 is 9.90 Å². The van der Waals surface area contributed by atoms with Crippen molar-refractivity contribution in [1.29, 1.82) is 0 Å². The van der Waals surface area contributed by atoms with Crippen LogP contribution in [-0.4, -0.2) is 23.7 Å². The predicted molar refractivity (Wildman–Crippen MR) is 73.0 cm³/mol. The van der Waals surface area contributed by atoms with Crippen molar-refractivity contribution in [3.63, 3.8) is 0 Å². The average molecular weight is 248 g/mol. The van der Waals surface area contributed by atoms with E-state index in [0.29, 0.717) is 23.2 Å². The van der Waals surface area contributed by atoms with Crippen LogP contribution in [0.25, 0.3) is 0 Å². The molecule has 0 aromatic heterocycles. The number of carboxylic acid groups (broad SMARTS) is 1. The third kappa shape index (κ3) is 2.28. The number of aromatic carboxylic acids is 1. The number of benzene rings is 1. The maximum Gasteiger partial charge on any atom is 0.337 e. The summed E-state index contributed by atoms with van der Waals surface area (Å²) in [5, 5.41) is 9.29. The molecule has 1 fully saturated rings. The molecule has 4 nitrogen and oxygen atoms in total. The Bertz CT molecular complexity index is 459. The molecule has 98 valence electrons. The minimum Gasteiger partial charge on any atom is -0.478 e. The van der Waals surface area contributed by atoms with E-state index in [9.17, 15) is 9.90 Å². The Balaban J connectivity index is 2.40. The van der Waals surface area contributed by atoms with Gasteiger partial charge in [0.1, 0.15) is 0 Å². The molecule has 0 amide bonds. The highest BCUT2D eigenvalue weighted by atomic mass is 16.4. The zero-order valence-electron chi connectivity index (χ0n) is 10.9. The molecule has 0 spiro atoms. The Labute approximate surface area is 107 Å². The van der Waals surface area contributed by atoms with Crippen molar-refractivity contribution in [2.45, 2.75) is 32.7 Å². The van der Waals surface area contributed by atoms with Gasteiger partial charge in [-0.1, -0.05) is 6.92 Å². The van der Waals surface area contributed by atoms with Crippen LogP contribution in [0, 0.1) is 5.92 Å². The first kappa shape index (κ1) is 12.7. The lowest BCUT2D eigenvalue weighted by atomic mass is 9.91. The van der Waals surface area contributed by atoms with Gasteiger partial charge in [0.15, 0.2) is 0 Å². The van der Waals surface area contributed by atoms with E-state index in [-0.39, 0.29) is 0 Å². The first-order valence-corrected chi connectivity index (χ1v) is 6.40. The summed E-state index contributed by atoms with van der Waals surface area (Å²) >= 11 is 0. The summed E-state index contributed by atoms with van der Waals surface area (Å²) in [6.45, 7) is 5.29. The number of nitrogen functional groups attached to an aromatic ring is 1. The molecule has 0 radical (unpaired) electrons. The lowest BCUT2D eigenvalue weighted by Gasteiger charge is -2.40. The van der Waals surface area contributed by atoms with Gasteiger partial charge in [0.2, 0.25) is 0 Å². The molecule has 0 aliphatic carbocycles. The second-order valence-corrected chi connectivity index (χ2v) is 5.14. The van der Waals surface area contributed by atoms with Gasteiger partial charge in [-0.2, -0.15) is 0 Å². The van der Waals surface area contributed by atoms with E-state index in [4.69, 9.17) is 5.73 Å². The number of hydrogen-bond acceptors (Lipinski definition) is 3. The molecule has 2 unspecified atom stereocenters. The molecule has 18 heavy (non-hydrogen) atoms. The van der Waals surface area contributed by atoms with Gasteiger partial charge in [-0.05, 0) is 43.9 Å². The monoisotopic (exact) mass is 248 g/mol. The van der Waals surface area contributed by atoms with E-state index in [1.807, 2.05) is 6.07 Å². The summed E-state index contributed by atoms with van der Waals surface area (Å²) in [5.41, 5.74) is 7.26. The van der Waals surface area contributed by atoms with Crippen LogP contribution < -0.4 is 10.6 Å². The van der Waals surface area contributed by atoms with E-state index >= 15 is 0 Å². The first-order valence-electron chi connectivity index (χ1n) is 6.40. The maximum absolute atomic E-state index is 11.3. The Kier molecular flexibility index (Phi) is 3.45. The Hall–Kier alpha value is -1.71. The summed E-state index contributed by atoms with van der Waals surface area (Å²) in [4.78, 5) is 13.5. The average Bonchev–Trinajstić information content (AvgIpc) is 2.33. The predicted octanol–water partition coefficient (Wildman–Crippen LogP) is 2.59. The van der Waals surface area contributed by atoms with Crippen molar-refractivity contribution >= 4 is 17.3 Å². The lowest BCUT2D eigenvalue weighted by Crippen LogP contribution is -2.43. The standard InChI is InChI=1S/C14H20N2O2/c1-9-4-3-7-16(10(9)2)13-6-5-11(15)8-12(13)14(17)18/h5-6,8-10H,3-4,7,15H2,1-2H3,(H,17,18). The molecule has 0 saturated carbocycles. The van der Waals surface area contributed by atoms with Crippen LogP contribution in [0.4, 0.5) is 11.4 Å². The molecule has 1 saturated heterocycles. The van der Waals surface area contributed by atoms with Crippen molar-refractivity contribution in [2.75, 3.05) is 17.2 Å². The van der Waals surface area contributed by atoms with Gasteiger partial charge in [0.25, 0.3) is 0 Å². The third-order valence-corrected chi connectivity index (χ3v) is 3.93. The molecule has 2 rings (SSSR count). The molecule has 1 heterocycles. The summed E-state index contributed by atoms with van der Waals surface area (Å²) in [6, 6.07) is 5.51. The molecule has 2 atom stereocenters. The smallest absolute Gasteiger partial charge is 0.337 e. The van der Waals surface area contributed by atoms with Gasteiger partial charge in [-0.25, -0.2) is 4.79 Å². The Morgan fingerprint density at radius 2 is 2.17 bits per heavy atom. The van der Waals surface area contributed by atoms with E-state index in [2.05, 4.69) is 18.7 Å². The number of anilines is 2. The second kappa shape index (κ2) is 4.88. The third-order valence-electron chi connectivity index (χ3n) is 3.93. The van der Waals surface area contributed by atoms with Gasteiger partial charge in [-0.3, -0.25) is 0 Å². The van der Waals surface area contributed by atoms with Gasteiger partial charge in [-0.15, -0.1) is 0 Å². The zero-order valence-corrected chi connectivity index (χ0v) is 10.9. The van der Waals surface area contributed by atoms with E-state index in [1.165, 1.54) is 6.42 Å². The normalized spacial score (nSPS) is 24.0. The molecule has 1 aliphatic rings. The quantitative estimate of drug-likeness (QED) is 0.789. The lowest BCUT2D eigenvalue weighted by molar-refractivity contribution is 0.0697. The highest BCUT2D eigenvalue weighted by Crippen LogP contribution is 2.31. The summed E-state index contributed by atoms with van der Waals surface area (Å²) in [7, 11) is 0. The Morgan fingerprint density at radius 1 is 1.44 bits per heavy atom. The molecule has 1 aromatic rings. The molecular weight excluding hydrogens is 228 g/mol. The van der Waals surface area contributed by atoms with Gasteiger partial charge in [0, 0.05) is 18.3 Å². The van der Waals surface area contributed by atoms with E-state index in [1.54, 1.807) is 12.1 Å². The van der Waals surface area contributed by atoms with Gasteiger partial charge >= 0.3 is 5.97 Å². The topological polar surface area (TPSA) is 66.6 Å². The molecule has 1 aliphatic heterocycles. The zero-order chi connectivity index (χ0) is 13.3. The number of piperidine rings is 1. The van der Waals surface area contributed by atoms with Crippen LogP contribution in [0.1, 0.15) is 37.0 Å². The molecule has 3 N–H and O–H groups in total. The van der Waals surface area contributed by atoms with Crippen molar-refractivity contribution in [3.8, 4) is 0 Å². The SMILES string of the molecule is CC1CCCN(c2ccc(N)cc2C(=O)O)C1C. The highest BCUT2D eigenvalue weighted by Gasteiger charge is 2.27. The summed E-state index contributed by atoms with van der Waals surface area (Å²) in [5.74, 6) is -0.333.